The third-order valence-corrected chi connectivity index (χ3v) is 6.62. The molecule has 0 aliphatic rings. The second kappa shape index (κ2) is 9.03. The molecule has 0 aliphatic carbocycles. The molecule has 0 fully saturated rings. The highest BCUT2D eigenvalue weighted by atomic mass is 32.2. The fourth-order valence-electron chi connectivity index (χ4n) is 3.55. The first-order chi connectivity index (χ1) is 16.2. The molecule has 2 aromatic carbocycles. The van der Waals surface area contributed by atoms with Gasteiger partial charge in [-0.3, -0.25) is 9.52 Å². The van der Waals surface area contributed by atoms with Gasteiger partial charge in [-0.15, -0.1) is 0 Å². The fraction of sp³-hybridized carbons (Fsp3) is 0.125. The lowest BCUT2D eigenvalue weighted by Crippen LogP contribution is -2.16. The molecule has 2 aromatic heterocycles. The van der Waals surface area contributed by atoms with Crippen LogP contribution in [0.1, 0.15) is 40.4 Å². The average molecular weight is 480 g/mol. The van der Waals surface area contributed by atoms with Crippen molar-refractivity contribution in [2.75, 3.05) is 4.72 Å². The minimum atomic E-state index is -4.20. The number of sulfonamides is 1. The highest BCUT2D eigenvalue weighted by Crippen LogP contribution is 2.28. The number of hydrogen-bond acceptors (Lipinski definition) is 5. The maximum atomic E-state index is 15.3. The molecule has 0 radical (unpaired) electrons. The van der Waals surface area contributed by atoms with Crippen LogP contribution in [0.5, 0.6) is 0 Å². The first kappa shape index (κ1) is 23.1. The third kappa shape index (κ3) is 4.25. The molecule has 34 heavy (non-hydrogen) atoms. The summed E-state index contributed by atoms with van der Waals surface area (Å²) in [4.78, 5) is 19.7. The zero-order chi connectivity index (χ0) is 24.5. The minimum absolute atomic E-state index is 0.101. The van der Waals surface area contributed by atoms with Crippen LogP contribution in [-0.4, -0.2) is 24.2 Å². The highest BCUT2D eigenvalue weighted by molar-refractivity contribution is 7.92. The smallest absolute Gasteiger partial charge is 0.261 e. The molecule has 0 atom stereocenters. The van der Waals surface area contributed by atoms with Gasteiger partial charge in [-0.05, 0) is 42.3 Å². The van der Waals surface area contributed by atoms with Gasteiger partial charge in [0.15, 0.2) is 5.82 Å². The first-order valence-electron chi connectivity index (χ1n) is 10.3. The van der Waals surface area contributed by atoms with E-state index in [2.05, 4.69) is 14.7 Å². The number of nitrogens with zero attached hydrogens (tertiary/aromatic N) is 2. The van der Waals surface area contributed by atoms with Crippen LogP contribution in [0.3, 0.4) is 0 Å². The number of aromatic amines is 1. The molecule has 0 amide bonds. The summed E-state index contributed by atoms with van der Waals surface area (Å²) >= 11 is 0. The standard InChI is InChI=1S/C24H18F2N4O3S/c1-2-3-14-4-6-16(7-5-14)34(32,33)30-20-9-8-19(25)21(22(20)26)23(31)18-13-29-24-17(18)10-15(11-27)12-28-24/h4-10,12-13,30H,2-3H2,1H3,(H,28,29). The number of benzene rings is 2. The summed E-state index contributed by atoms with van der Waals surface area (Å²) in [5, 5.41) is 9.29. The molecular formula is C24H18F2N4O3S. The van der Waals surface area contributed by atoms with E-state index in [0.717, 1.165) is 30.5 Å². The van der Waals surface area contributed by atoms with E-state index in [1.165, 1.54) is 30.6 Å². The summed E-state index contributed by atoms with van der Waals surface area (Å²) in [7, 11) is -4.20. The zero-order valence-corrected chi connectivity index (χ0v) is 18.7. The first-order valence-corrected chi connectivity index (χ1v) is 11.7. The molecule has 0 saturated carbocycles. The van der Waals surface area contributed by atoms with Crippen molar-refractivity contribution in [1.82, 2.24) is 9.97 Å². The molecule has 0 unspecified atom stereocenters. The SMILES string of the molecule is CCCc1ccc(S(=O)(=O)Nc2ccc(F)c(C(=O)c3c[nH]c4ncc(C#N)cc34)c2F)cc1. The number of H-pyrrole nitrogens is 1. The summed E-state index contributed by atoms with van der Waals surface area (Å²) < 4.78 is 57.5. The number of aromatic nitrogens is 2. The number of carbonyl (C=O) groups is 1. The van der Waals surface area contributed by atoms with Crippen LogP contribution in [-0.2, 0) is 16.4 Å². The van der Waals surface area contributed by atoms with E-state index < -0.39 is 38.7 Å². The van der Waals surface area contributed by atoms with Crippen molar-refractivity contribution in [3.8, 4) is 6.07 Å². The molecule has 4 rings (SSSR count). The number of ketones is 1. The summed E-state index contributed by atoms with van der Waals surface area (Å²) in [6.45, 7) is 2.00. The van der Waals surface area contributed by atoms with Gasteiger partial charge in [0, 0.05) is 23.3 Å². The Morgan fingerprint density at radius 3 is 2.59 bits per heavy atom. The number of halogens is 2. The Hall–Kier alpha value is -4.10. The van der Waals surface area contributed by atoms with Gasteiger partial charge in [-0.1, -0.05) is 25.5 Å². The van der Waals surface area contributed by atoms with Crippen molar-refractivity contribution in [1.29, 1.82) is 5.26 Å². The van der Waals surface area contributed by atoms with E-state index in [4.69, 9.17) is 5.26 Å². The van der Waals surface area contributed by atoms with Crippen LogP contribution < -0.4 is 4.72 Å². The number of nitriles is 1. The Kier molecular flexibility index (Phi) is 6.13. The van der Waals surface area contributed by atoms with Crippen LogP contribution in [0.25, 0.3) is 11.0 Å². The summed E-state index contributed by atoms with van der Waals surface area (Å²) in [6.07, 6.45) is 4.20. The van der Waals surface area contributed by atoms with E-state index in [-0.39, 0.29) is 27.1 Å². The van der Waals surface area contributed by atoms with E-state index in [9.17, 15) is 17.6 Å². The second-order valence-corrected chi connectivity index (χ2v) is 9.23. The normalized spacial score (nSPS) is 11.4. The summed E-state index contributed by atoms with van der Waals surface area (Å²) in [5.74, 6) is -3.54. The van der Waals surface area contributed by atoms with E-state index in [1.807, 2.05) is 13.0 Å². The van der Waals surface area contributed by atoms with E-state index >= 15 is 4.39 Å². The third-order valence-electron chi connectivity index (χ3n) is 5.24. The second-order valence-electron chi connectivity index (χ2n) is 7.55. The Labute approximate surface area is 194 Å². The van der Waals surface area contributed by atoms with Gasteiger partial charge in [-0.25, -0.2) is 22.2 Å². The van der Waals surface area contributed by atoms with Gasteiger partial charge >= 0.3 is 0 Å². The minimum Gasteiger partial charge on any atom is -0.345 e. The predicted octanol–water partition coefficient (Wildman–Crippen LogP) is 4.70. The maximum Gasteiger partial charge on any atom is 0.261 e. The van der Waals surface area contributed by atoms with Crippen molar-refractivity contribution in [2.24, 2.45) is 0 Å². The molecule has 2 heterocycles. The van der Waals surface area contributed by atoms with Crippen molar-refractivity contribution in [2.45, 2.75) is 24.7 Å². The van der Waals surface area contributed by atoms with E-state index in [1.54, 1.807) is 12.1 Å². The van der Waals surface area contributed by atoms with Gasteiger partial charge in [-0.2, -0.15) is 5.26 Å². The van der Waals surface area contributed by atoms with E-state index in [0.29, 0.717) is 0 Å². The highest BCUT2D eigenvalue weighted by Gasteiger charge is 2.26. The van der Waals surface area contributed by atoms with Crippen molar-refractivity contribution < 1.29 is 22.0 Å². The molecule has 7 nitrogen and oxygen atoms in total. The molecular weight excluding hydrogens is 462 g/mol. The average Bonchev–Trinajstić information content (AvgIpc) is 3.24. The van der Waals surface area contributed by atoms with Gasteiger partial charge in [0.2, 0.25) is 5.78 Å². The monoisotopic (exact) mass is 480 g/mol. The van der Waals surface area contributed by atoms with Crippen molar-refractivity contribution in [3.63, 3.8) is 0 Å². The number of carbonyl (C=O) groups excluding carboxylic acids is 1. The van der Waals surface area contributed by atoms with Gasteiger partial charge in [0.05, 0.1) is 21.7 Å². The van der Waals surface area contributed by atoms with Gasteiger partial charge in [0.25, 0.3) is 10.0 Å². The van der Waals surface area contributed by atoms with Crippen LogP contribution in [0.15, 0.2) is 59.8 Å². The maximum absolute atomic E-state index is 15.3. The molecule has 2 N–H and O–H groups in total. The number of fused-ring (bicyclic) bond motifs is 1. The lowest BCUT2D eigenvalue weighted by Gasteiger charge is -2.12. The van der Waals surface area contributed by atoms with Gasteiger partial charge in [0.1, 0.15) is 17.5 Å². The lowest BCUT2D eigenvalue weighted by molar-refractivity contribution is 0.103. The van der Waals surface area contributed by atoms with Crippen molar-refractivity contribution in [3.05, 3.63) is 88.7 Å². The van der Waals surface area contributed by atoms with Gasteiger partial charge < -0.3 is 4.98 Å². The van der Waals surface area contributed by atoms with Crippen LogP contribution >= 0.6 is 0 Å². The summed E-state index contributed by atoms with van der Waals surface area (Å²) in [5.41, 5.74) is -0.237. The molecule has 0 spiro atoms. The number of aryl methyl sites for hydroxylation is 1. The van der Waals surface area contributed by atoms with Crippen LogP contribution in [0.2, 0.25) is 0 Å². The van der Waals surface area contributed by atoms with Crippen molar-refractivity contribution >= 4 is 32.5 Å². The predicted molar refractivity (Wildman–Crippen MR) is 122 cm³/mol. The van der Waals surface area contributed by atoms with Crippen LogP contribution in [0.4, 0.5) is 14.5 Å². The number of pyridine rings is 1. The Morgan fingerprint density at radius 2 is 1.91 bits per heavy atom. The largest absolute Gasteiger partial charge is 0.345 e. The fourth-order valence-corrected chi connectivity index (χ4v) is 4.61. The molecule has 172 valence electrons. The number of anilines is 1. The Morgan fingerprint density at radius 1 is 1.18 bits per heavy atom. The summed E-state index contributed by atoms with van der Waals surface area (Å²) in [6, 6.07) is 11.1. The quantitative estimate of drug-likeness (QED) is 0.372. The topological polar surface area (TPSA) is 116 Å². The molecule has 0 aliphatic heterocycles. The molecule has 0 saturated heterocycles. The number of nitrogens with one attached hydrogen (secondary N) is 2. The van der Waals surface area contributed by atoms with Crippen LogP contribution in [0, 0.1) is 23.0 Å². The molecule has 0 bridgehead atoms. The number of rotatable bonds is 7. The lowest BCUT2D eigenvalue weighted by atomic mass is 10.0. The zero-order valence-electron chi connectivity index (χ0n) is 17.9. The number of hydrogen-bond donors (Lipinski definition) is 2. The molecule has 10 heteroatoms. The Bertz CT molecular complexity index is 1560. The molecule has 4 aromatic rings. The Balaban J connectivity index is 1.71.